The Morgan fingerprint density at radius 2 is 1.97 bits per heavy atom. The van der Waals surface area contributed by atoms with Crippen molar-refractivity contribution >= 4 is 22.9 Å². The van der Waals surface area contributed by atoms with E-state index in [1.54, 1.807) is 12.3 Å². The van der Waals surface area contributed by atoms with Crippen LogP contribution in [0.5, 0.6) is 6.01 Å². The molecular formula is C25H27F3N8O2. The number of H-pyrrole nitrogens is 1. The van der Waals surface area contributed by atoms with Crippen molar-refractivity contribution < 1.29 is 22.7 Å². The third kappa shape index (κ3) is 5.88. The number of imidazole rings is 1. The second kappa shape index (κ2) is 10.3. The lowest BCUT2D eigenvalue weighted by Crippen LogP contribution is -2.60. The maximum Gasteiger partial charge on any atom is 0.397 e. The van der Waals surface area contributed by atoms with Crippen molar-refractivity contribution in [2.24, 2.45) is 0 Å². The summed E-state index contributed by atoms with van der Waals surface area (Å²) in [4.78, 5) is 31.8. The summed E-state index contributed by atoms with van der Waals surface area (Å²) in [7, 11) is 1.52. The van der Waals surface area contributed by atoms with Crippen LogP contribution in [0, 0.1) is 0 Å². The minimum atomic E-state index is -4.50. The summed E-state index contributed by atoms with van der Waals surface area (Å²) in [5, 5.41) is 6.79. The van der Waals surface area contributed by atoms with Crippen LogP contribution >= 0.6 is 0 Å². The van der Waals surface area contributed by atoms with Crippen LogP contribution in [0.15, 0.2) is 54.9 Å². The number of aromatic amines is 1. The topological polar surface area (TPSA) is 111 Å². The molecule has 10 nitrogen and oxygen atoms in total. The van der Waals surface area contributed by atoms with E-state index in [0.717, 1.165) is 16.6 Å². The van der Waals surface area contributed by atoms with E-state index >= 15 is 0 Å². The molecule has 4 heterocycles. The smallest absolute Gasteiger partial charge is 0.397 e. The van der Waals surface area contributed by atoms with Gasteiger partial charge in [-0.3, -0.25) is 9.69 Å². The maximum absolute atomic E-state index is 12.6. The molecule has 38 heavy (non-hydrogen) atoms. The van der Waals surface area contributed by atoms with Gasteiger partial charge in [0.25, 0.3) is 0 Å². The first-order valence-corrected chi connectivity index (χ1v) is 12.1. The molecule has 0 bridgehead atoms. The molecule has 3 aromatic rings. The molecule has 5 rings (SSSR count). The number of carbonyl (C=O) groups is 1. The van der Waals surface area contributed by atoms with Gasteiger partial charge in [0.15, 0.2) is 0 Å². The number of halogens is 3. The van der Waals surface area contributed by atoms with E-state index in [1.807, 2.05) is 42.6 Å². The van der Waals surface area contributed by atoms with Gasteiger partial charge in [-0.2, -0.15) is 18.2 Å². The van der Waals surface area contributed by atoms with E-state index in [-0.39, 0.29) is 19.1 Å². The van der Waals surface area contributed by atoms with Gasteiger partial charge in [0.2, 0.25) is 11.9 Å². The molecule has 0 radical (unpaired) electrons. The molecule has 2 aliphatic rings. The molecule has 0 saturated carbocycles. The molecule has 2 aromatic heterocycles. The second-order valence-corrected chi connectivity index (χ2v) is 9.15. The van der Waals surface area contributed by atoms with Crippen LogP contribution in [0.3, 0.4) is 0 Å². The third-order valence-corrected chi connectivity index (χ3v) is 6.41. The second-order valence-electron chi connectivity index (χ2n) is 9.15. The van der Waals surface area contributed by atoms with Gasteiger partial charge in [-0.15, -0.1) is 0 Å². The molecule has 1 unspecified atom stereocenters. The van der Waals surface area contributed by atoms with E-state index in [0.29, 0.717) is 31.3 Å². The first-order valence-electron chi connectivity index (χ1n) is 12.1. The number of nitrogens with zero attached hydrogens (tertiary/aromatic N) is 5. The summed E-state index contributed by atoms with van der Waals surface area (Å²) in [6.45, 7) is 1.89. The van der Waals surface area contributed by atoms with Gasteiger partial charge < -0.3 is 25.3 Å². The molecule has 1 fully saturated rings. The number of fused-ring (bicyclic) bond motifs is 1. The fraction of sp³-hybridized carbons (Fsp3) is 0.360. The Labute approximate surface area is 216 Å². The molecule has 1 aromatic carbocycles. The number of rotatable bonds is 7. The number of dihydropyridines is 1. The summed E-state index contributed by atoms with van der Waals surface area (Å²) >= 11 is 0. The SMILES string of the molecule is COc1nccc(-c2ccc3nc(NC4(CN5CCN(C(=O)CC(F)(F)F)CC5)C=CC=CN4)[nH]c3c2)n1. The van der Waals surface area contributed by atoms with E-state index < -0.39 is 24.2 Å². The largest absolute Gasteiger partial charge is 0.467 e. The quantitative estimate of drug-likeness (QED) is 0.430. The van der Waals surface area contributed by atoms with Crippen molar-refractivity contribution in [1.29, 1.82) is 0 Å². The number of amides is 1. The first kappa shape index (κ1) is 25.5. The molecule has 2 aliphatic heterocycles. The van der Waals surface area contributed by atoms with Crippen LogP contribution < -0.4 is 15.4 Å². The van der Waals surface area contributed by atoms with Crippen LogP contribution in [-0.4, -0.2) is 87.3 Å². The van der Waals surface area contributed by atoms with Gasteiger partial charge in [0.1, 0.15) is 12.1 Å². The summed E-state index contributed by atoms with van der Waals surface area (Å²) in [5.41, 5.74) is 2.45. The molecule has 0 aliphatic carbocycles. The Balaban J connectivity index is 1.29. The standard InChI is InChI=1S/C25H27F3N8O2/c1-38-23-29-9-6-18(33-23)17-4-5-19-20(14-17)32-22(31-19)34-24(7-2-3-8-30-24)16-35-10-12-36(13-11-35)21(37)15-25(26,27)28/h2-9,14,30H,10-13,15-16H2,1H3,(H2,31,32,34). The van der Waals surface area contributed by atoms with Crippen molar-refractivity contribution in [3.05, 3.63) is 54.9 Å². The Bertz CT molecular complexity index is 1360. The molecule has 0 spiro atoms. The normalized spacial score (nSPS) is 19.9. The van der Waals surface area contributed by atoms with Crippen molar-refractivity contribution in [2.75, 3.05) is 45.2 Å². The van der Waals surface area contributed by atoms with E-state index in [9.17, 15) is 18.0 Å². The van der Waals surface area contributed by atoms with Gasteiger partial charge in [-0.1, -0.05) is 12.1 Å². The Kier molecular flexibility index (Phi) is 6.93. The molecule has 1 atom stereocenters. The van der Waals surface area contributed by atoms with Gasteiger partial charge in [0, 0.05) is 44.5 Å². The van der Waals surface area contributed by atoms with Crippen molar-refractivity contribution in [2.45, 2.75) is 18.3 Å². The minimum Gasteiger partial charge on any atom is -0.467 e. The summed E-state index contributed by atoms with van der Waals surface area (Å²) < 4.78 is 43.0. The number of alkyl halides is 3. The van der Waals surface area contributed by atoms with Gasteiger partial charge in [-0.25, -0.2) is 9.97 Å². The number of carbonyl (C=O) groups excluding carboxylic acids is 1. The minimum absolute atomic E-state index is 0.242. The summed E-state index contributed by atoms with van der Waals surface area (Å²) in [6.07, 6.45) is 3.28. The number of aromatic nitrogens is 4. The number of methoxy groups -OCH3 is 1. The van der Waals surface area contributed by atoms with Crippen LogP contribution in [-0.2, 0) is 4.79 Å². The average Bonchev–Trinajstić information content (AvgIpc) is 3.29. The van der Waals surface area contributed by atoms with Crippen LogP contribution in [0.25, 0.3) is 22.3 Å². The zero-order valence-corrected chi connectivity index (χ0v) is 20.6. The van der Waals surface area contributed by atoms with E-state index in [4.69, 9.17) is 4.74 Å². The molecule has 13 heteroatoms. The number of nitrogens with one attached hydrogen (secondary N) is 3. The van der Waals surface area contributed by atoms with Gasteiger partial charge in [-0.05, 0) is 36.6 Å². The molecule has 3 N–H and O–H groups in total. The highest BCUT2D eigenvalue weighted by atomic mass is 19.4. The fourth-order valence-corrected chi connectivity index (χ4v) is 4.57. The van der Waals surface area contributed by atoms with Crippen molar-refractivity contribution in [1.82, 2.24) is 35.1 Å². The van der Waals surface area contributed by atoms with Gasteiger partial charge >= 0.3 is 12.2 Å². The maximum atomic E-state index is 12.6. The van der Waals surface area contributed by atoms with Crippen LogP contribution in [0.4, 0.5) is 19.1 Å². The van der Waals surface area contributed by atoms with Crippen molar-refractivity contribution in [3.63, 3.8) is 0 Å². The predicted molar refractivity (Wildman–Crippen MR) is 135 cm³/mol. The zero-order chi connectivity index (χ0) is 26.8. The lowest BCUT2D eigenvalue weighted by atomic mass is 10.1. The lowest BCUT2D eigenvalue weighted by molar-refractivity contribution is -0.162. The van der Waals surface area contributed by atoms with Crippen molar-refractivity contribution in [3.8, 4) is 17.3 Å². The zero-order valence-electron chi connectivity index (χ0n) is 20.6. The fourth-order valence-electron chi connectivity index (χ4n) is 4.57. The number of hydrogen-bond donors (Lipinski definition) is 3. The number of piperazine rings is 1. The number of benzene rings is 1. The first-order chi connectivity index (χ1) is 18.2. The Morgan fingerprint density at radius 1 is 1.16 bits per heavy atom. The average molecular weight is 529 g/mol. The number of allylic oxidation sites excluding steroid dienone is 2. The Hall–Kier alpha value is -4.13. The number of anilines is 1. The highest BCUT2D eigenvalue weighted by Gasteiger charge is 2.36. The number of hydrogen-bond acceptors (Lipinski definition) is 8. The monoisotopic (exact) mass is 528 g/mol. The molecule has 1 saturated heterocycles. The molecular weight excluding hydrogens is 501 g/mol. The Morgan fingerprint density at radius 3 is 2.68 bits per heavy atom. The summed E-state index contributed by atoms with van der Waals surface area (Å²) in [6, 6.07) is 7.85. The predicted octanol–water partition coefficient (Wildman–Crippen LogP) is 2.91. The lowest BCUT2D eigenvalue weighted by Gasteiger charge is -2.41. The molecule has 200 valence electrons. The molecule has 1 amide bonds. The third-order valence-electron chi connectivity index (χ3n) is 6.41. The highest BCUT2D eigenvalue weighted by molar-refractivity contribution is 5.83. The van der Waals surface area contributed by atoms with Gasteiger partial charge in [0.05, 0.1) is 23.8 Å². The van der Waals surface area contributed by atoms with E-state index in [2.05, 4.69) is 35.5 Å². The highest BCUT2D eigenvalue weighted by Crippen LogP contribution is 2.26. The van der Waals surface area contributed by atoms with Crippen LogP contribution in [0.1, 0.15) is 6.42 Å². The van der Waals surface area contributed by atoms with E-state index in [1.165, 1.54) is 12.0 Å². The summed E-state index contributed by atoms with van der Waals surface area (Å²) in [5.74, 6) is -0.338. The number of ether oxygens (including phenoxy) is 1. The van der Waals surface area contributed by atoms with Crippen LogP contribution in [0.2, 0.25) is 0 Å².